The number of ether oxygens (including phenoxy) is 1. The first-order chi connectivity index (χ1) is 8.06. The number of rotatable bonds is 5. The molecule has 0 radical (unpaired) electrons. The molecule has 94 valence electrons. The van der Waals surface area contributed by atoms with E-state index < -0.39 is 0 Å². The third-order valence-electron chi connectivity index (χ3n) is 2.14. The number of hydrogen-bond donors (Lipinski definition) is 2. The number of hydrogen-bond acceptors (Lipinski definition) is 5. The van der Waals surface area contributed by atoms with Gasteiger partial charge in [0, 0.05) is 27.1 Å². The number of anilines is 1. The summed E-state index contributed by atoms with van der Waals surface area (Å²) in [5.74, 6) is 0.453. The summed E-state index contributed by atoms with van der Waals surface area (Å²) in [6.45, 7) is 0.393. The Bertz CT molecular complexity index is 441. The molecule has 0 aliphatic carbocycles. The molecular formula is C10H16N4O3. The van der Waals surface area contributed by atoms with Crippen molar-refractivity contribution in [1.29, 1.82) is 0 Å². The van der Waals surface area contributed by atoms with E-state index in [0.717, 1.165) is 0 Å². The Hall–Kier alpha value is -2.05. The second-order valence-corrected chi connectivity index (χ2v) is 3.58. The predicted molar refractivity (Wildman–Crippen MR) is 63.2 cm³/mol. The largest absolute Gasteiger partial charge is 0.489 e. The van der Waals surface area contributed by atoms with Crippen LogP contribution in [-0.2, 0) is 4.79 Å². The minimum atomic E-state index is -0.357. The van der Waals surface area contributed by atoms with Crippen molar-refractivity contribution in [2.75, 3.05) is 33.1 Å². The lowest BCUT2D eigenvalue weighted by molar-refractivity contribution is -0.128. The van der Waals surface area contributed by atoms with Crippen LogP contribution in [0.25, 0.3) is 0 Å². The summed E-state index contributed by atoms with van der Waals surface area (Å²) in [6.07, 6.45) is 1.60. The van der Waals surface area contributed by atoms with Crippen LogP contribution in [0.2, 0.25) is 0 Å². The monoisotopic (exact) mass is 240 g/mol. The number of nitrogens with one attached hydrogen (secondary N) is 2. The van der Waals surface area contributed by atoms with Gasteiger partial charge in [-0.1, -0.05) is 0 Å². The Balaban J connectivity index is 2.61. The van der Waals surface area contributed by atoms with E-state index in [2.05, 4.69) is 15.3 Å². The Kier molecular flexibility index (Phi) is 4.50. The first-order valence-electron chi connectivity index (χ1n) is 5.12. The zero-order chi connectivity index (χ0) is 12.8. The molecule has 1 aromatic heterocycles. The van der Waals surface area contributed by atoms with Gasteiger partial charge < -0.3 is 19.9 Å². The molecule has 1 heterocycles. The maximum atomic E-state index is 11.3. The van der Waals surface area contributed by atoms with Crippen LogP contribution in [-0.4, -0.2) is 48.5 Å². The molecule has 0 bridgehead atoms. The van der Waals surface area contributed by atoms with E-state index in [1.54, 1.807) is 14.1 Å². The van der Waals surface area contributed by atoms with Crippen LogP contribution in [0.1, 0.15) is 6.42 Å². The summed E-state index contributed by atoms with van der Waals surface area (Å²) in [5.41, 5.74) is -0.357. The van der Waals surface area contributed by atoms with E-state index in [-0.39, 0.29) is 17.2 Å². The van der Waals surface area contributed by atoms with Gasteiger partial charge in [-0.25, -0.2) is 4.98 Å². The molecular weight excluding hydrogens is 224 g/mol. The Labute approximate surface area is 98.8 Å². The lowest BCUT2D eigenvalue weighted by Gasteiger charge is -2.11. The van der Waals surface area contributed by atoms with Crippen molar-refractivity contribution in [3.05, 3.63) is 16.7 Å². The molecule has 1 amide bonds. The van der Waals surface area contributed by atoms with Crippen molar-refractivity contribution in [2.24, 2.45) is 0 Å². The van der Waals surface area contributed by atoms with Crippen LogP contribution in [0.3, 0.4) is 0 Å². The third-order valence-corrected chi connectivity index (χ3v) is 2.14. The highest BCUT2D eigenvalue weighted by atomic mass is 16.5. The number of methoxy groups -OCH3 is 1. The SMILES string of the molecule is COc1c(NCCC(=O)N(C)C)nc[nH]c1=O. The molecule has 0 saturated carbocycles. The quantitative estimate of drug-likeness (QED) is 0.735. The standard InChI is InChI=1S/C10H16N4O3/c1-14(2)7(15)4-5-11-9-8(17-3)10(16)13-6-12-9/h6H,4-5H2,1-3H3,(H2,11,12,13,16). The molecule has 0 unspecified atom stereocenters. The lowest BCUT2D eigenvalue weighted by atomic mass is 10.3. The minimum Gasteiger partial charge on any atom is -0.489 e. The van der Waals surface area contributed by atoms with Gasteiger partial charge in [-0.15, -0.1) is 0 Å². The van der Waals surface area contributed by atoms with Crippen LogP contribution < -0.4 is 15.6 Å². The van der Waals surface area contributed by atoms with E-state index >= 15 is 0 Å². The second-order valence-electron chi connectivity index (χ2n) is 3.58. The maximum absolute atomic E-state index is 11.3. The Morgan fingerprint density at radius 2 is 2.29 bits per heavy atom. The number of H-pyrrole nitrogens is 1. The van der Waals surface area contributed by atoms with Gasteiger partial charge in [0.2, 0.25) is 11.7 Å². The van der Waals surface area contributed by atoms with Crippen molar-refractivity contribution >= 4 is 11.7 Å². The molecule has 2 N–H and O–H groups in total. The smallest absolute Gasteiger partial charge is 0.295 e. The highest BCUT2D eigenvalue weighted by Gasteiger charge is 2.09. The number of carbonyl (C=O) groups excluding carboxylic acids is 1. The first kappa shape index (κ1) is 13.0. The second kappa shape index (κ2) is 5.88. The number of amides is 1. The Morgan fingerprint density at radius 3 is 2.88 bits per heavy atom. The van der Waals surface area contributed by atoms with Gasteiger partial charge >= 0.3 is 0 Å². The molecule has 0 saturated heterocycles. The molecule has 17 heavy (non-hydrogen) atoms. The highest BCUT2D eigenvalue weighted by Crippen LogP contribution is 2.13. The zero-order valence-corrected chi connectivity index (χ0v) is 10.1. The van der Waals surface area contributed by atoms with Gasteiger partial charge in [0.25, 0.3) is 5.56 Å². The van der Waals surface area contributed by atoms with Crippen LogP contribution in [0.4, 0.5) is 5.82 Å². The van der Waals surface area contributed by atoms with Crippen molar-refractivity contribution in [3.8, 4) is 5.75 Å². The molecule has 0 aromatic carbocycles. The fourth-order valence-corrected chi connectivity index (χ4v) is 1.21. The zero-order valence-electron chi connectivity index (χ0n) is 10.1. The summed E-state index contributed by atoms with van der Waals surface area (Å²) in [7, 11) is 4.77. The van der Waals surface area contributed by atoms with E-state index in [1.807, 2.05) is 0 Å². The molecule has 1 aromatic rings. The van der Waals surface area contributed by atoms with E-state index in [0.29, 0.717) is 18.8 Å². The van der Waals surface area contributed by atoms with Crippen LogP contribution in [0.5, 0.6) is 5.75 Å². The summed E-state index contributed by atoms with van der Waals surface area (Å²) in [5, 5.41) is 2.89. The molecule has 1 rings (SSSR count). The van der Waals surface area contributed by atoms with Gasteiger partial charge in [-0.2, -0.15) is 0 Å². The average molecular weight is 240 g/mol. The summed E-state index contributed by atoms with van der Waals surface area (Å²) < 4.78 is 4.92. The number of carbonyl (C=O) groups is 1. The molecule has 0 fully saturated rings. The van der Waals surface area contributed by atoms with E-state index in [4.69, 9.17) is 4.74 Å². The first-order valence-corrected chi connectivity index (χ1v) is 5.12. The van der Waals surface area contributed by atoms with Crippen LogP contribution in [0.15, 0.2) is 11.1 Å². The molecule has 0 aliphatic rings. The summed E-state index contributed by atoms with van der Waals surface area (Å²) >= 11 is 0. The van der Waals surface area contributed by atoms with Crippen LogP contribution >= 0.6 is 0 Å². The predicted octanol–water partition coefficient (Wildman–Crippen LogP) is -0.331. The van der Waals surface area contributed by atoms with Crippen molar-refractivity contribution in [3.63, 3.8) is 0 Å². The van der Waals surface area contributed by atoms with Gasteiger partial charge in [-0.05, 0) is 0 Å². The Morgan fingerprint density at radius 1 is 1.59 bits per heavy atom. The molecule has 0 atom stereocenters. The van der Waals surface area contributed by atoms with Gasteiger partial charge in [0.1, 0.15) is 0 Å². The van der Waals surface area contributed by atoms with Crippen LogP contribution in [0, 0.1) is 0 Å². The van der Waals surface area contributed by atoms with Crippen molar-refractivity contribution in [1.82, 2.24) is 14.9 Å². The number of aromatic amines is 1. The fraction of sp³-hybridized carbons (Fsp3) is 0.500. The third kappa shape index (κ3) is 3.47. The molecule has 7 nitrogen and oxygen atoms in total. The van der Waals surface area contributed by atoms with E-state index in [9.17, 15) is 9.59 Å². The summed E-state index contributed by atoms with van der Waals surface area (Å²) in [4.78, 5) is 30.5. The van der Waals surface area contributed by atoms with Gasteiger partial charge in [0.05, 0.1) is 13.4 Å². The van der Waals surface area contributed by atoms with Crippen molar-refractivity contribution in [2.45, 2.75) is 6.42 Å². The normalized spacial score (nSPS) is 9.82. The fourth-order valence-electron chi connectivity index (χ4n) is 1.21. The molecule has 7 heteroatoms. The number of aromatic nitrogens is 2. The molecule has 0 aliphatic heterocycles. The maximum Gasteiger partial charge on any atom is 0.295 e. The lowest BCUT2D eigenvalue weighted by Crippen LogP contribution is -2.24. The van der Waals surface area contributed by atoms with Gasteiger partial charge in [0.15, 0.2) is 5.82 Å². The van der Waals surface area contributed by atoms with E-state index in [1.165, 1.54) is 18.3 Å². The topological polar surface area (TPSA) is 87.3 Å². The average Bonchev–Trinajstić information content (AvgIpc) is 2.29. The van der Waals surface area contributed by atoms with Gasteiger partial charge in [-0.3, -0.25) is 9.59 Å². The minimum absolute atomic E-state index is 0.00121. The number of nitrogens with zero attached hydrogens (tertiary/aromatic N) is 2. The highest BCUT2D eigenvalue weighted by molar-refractivity contribution is 5.76. The molecule has 0 spiro atoms. The van der Waals surface area contributed by atoms with Crippen molar-refractivity contribution < 1.29 is 9.53 Å². The summed E-state index contributed by atoms with van der Waals surface area (Å²) in [6, 6.07) is 0.